The first kappa shape index (κ1) is 10.4. The quantitative estimate of drug-likeness (QED) is 0.758. The molecule has 0 saturated heterocycles. The lowest BCUT2D eigenvalue weighted by atomic mass is 10.0. The second-order valence-electron chi connectivity index (χ2n) is 4.11. The van der Waals surface area contributed by atoms with Crippen LogP contribution in [0, 0.1) is 0 Å². The first-order chi connectivity index (χ1) is 7.31. The summed E-state index contributed by atoms with van der Waals surface area (Å²) in [5.41, 5.74) is 3.69. The fourth-order valence-corrected chi connectivity index (χ4v) is 2.13. The van der Waals surface area contributed by atoms with Gasteiger partial charge in [0.05, 0.1) is 0 Å². The molecule has 0 aromatic heterocycles. The predicted octanol–water partition coefficient (Wildman–Crippen LogP) is 1.97. The molecule has 0 saturated carbocycles. The Hall–Kier alpha value is -1.15. The lowest BCUT2D eigenvalue weighted by Gasteiger charge is -2.04. The molecule has 2 nitrogen and oxygen atoms in total. The number of nitrogens with one attached hydrogen (secondary N) is 1. The summed E-state index contributed by atoms with van der Waals surface area (Å²) in [5.74, 6) is 0.249. The lowest BCUT2D eigenvalue weighted by Crippen LogP contribution is -2.13. The van der Waals surface area contributed by atoms with Gasteiger partial charge < -0.3 is 5.32 Å². The summed E-state index contributed by atoms with van der Waals surface area (Å²) >= 11 is 0. The molecule has 2 rings (SSSR count). The molecule has 1 aromatic carbocycles. The highest BCUT2D eigenvalue weighted by molar-refractivity contribution is 5.96. The molecule has 2 heteroatoms. The normalized spacial score (nSPS) is 13.9. The minimum absolute atomic E-state index is 0.249. The molecule has 1 aromatic rings. The molecule has 0 amide bonds. The van der Waals surface area contributed by atoms with E-state index in [1.165, 1.54) is 24.0 Å². The standard InChI is InChI=1S/C13H17NO/c1-14-8-7-13(15)12-6-5-10-3-2-4-11(10)9-12/h5-6,9,14H,2-4,7-8H2,1H3. The Kier molecular flexibility index (Phi) is 3.17. The van der Waals surface area contributed by atoms with Crippen LogP contribution in [0.5, 0.6) is 0 Å². The van der Waals surface area contributed by atoms with Crippen molar-refractivity contribution in [2.45, 2.75) is 25.7 Å². The molecule has 1 aliphatic rings. The number of carbonyl (C=O) groups excluding carboxylic acids is 1. The van der Waals surface area contributed by atoms with Crippen molar-refractivity contribution in [2.24, 2.45) is 0 Å². The maximum atomic E-state index is 11.8. The second kappa shape index (κ2) is 4.58. The third-order valence-corrected chi connectivity index (χ3v) is 3.02. The number of Topliss-reactive ketones (excluding diaryl/α,β-unsaturated/α-hetero) is 1. The number of carbonyl (C=O) groups is 1. The van der Waals surface area contributed by atoms with Crippen molar-refractivity contribution in [3.05, 3.63) is 34.9 Å². The van der Waals surface area contributed by atoms with Crippen molar-refractivity contribution in [3.63, 3.8) is 0 Å². The van der Waals surface area contributed by atoms with Crippen LogP contribution in [-0.2, 0) is 12.8 Å². The Balaban J connectivity index is 2.12. The molecule has 0 bridgehead atoms. The fraction of sp³-hybridized carbons (Fsp3) is 0.462. The van der Waals surface area contributed by atoms with E-state index in [0.29, 0.717) is 6.42 Å². The summed E-state index contributed by atoms with van der Waals surface area (Å²) in [6.45, 7) is 0.760. The van der Waals surface area contributed by atoms with Gasteiger partial charge >= 0.3 is 0 Å². The average Bonchev–Trinajstić information content (AvgIpc) is 2.72. The topological polar surface area (TPSA) is 29.1 Å². The summed E-state index contributed by atoms with van der Waals surface area (Å²) in [6, 6.07) is 6.18. The van der Waals surface area contributed by atoms with Gasteiger partial charge in [-0.25, -0.2) is 0 Å². The van der Waals surface area contributed by atoms with Crippen LogP contribution >= 0.6 is 0 Å². The molecule has 0 radical (unpaired) electrons. The third-order valence-electron chi connectivity index (χ3n) is 3.02. The Morgan fingerprint density at radius 2 is 2.13 bits per heavy atom. The lowest BCUT2D eigenvalue weighted by molar-refractivity contribution is 0.0983. The van der Waals surface area contributed by atoms with E-state index in [2.05, 4.69) is 17.4 Å². The summed E-state index contributed by atoms with van der Waals surface area (Å²) in [6.07, 6.45) is 4.15. The van der Waals surface area contributed by atoms with Gasteiger partial charge in [0, 0.05) is 18.5 Å². The van der Waals surface area contributed by atoms with Crippen LogP contribution in [0.3, 0.4) is 0 Å². The van der Waals surface area contributed by atoms with E-state index in [1.807, 2.05) is 13.1 Å². The number of ketones is 1. The molecule has 80 valence electrons. The summed E-state index contributed by atoms with van der Waals surface area (Å²) in [4.78, 5) is 11.8. The number of hydrogen-bond acceptors (Lipinski definition) is 2. The Bertz CT molecular complexity index is 371. The third kappa shape index (κ3) is 2.26. The van der Waals surface area contributed by atoms with Gasteiger partial charge in [-0.1, -0.05) is 12.1 Å². The predicted molar refractivity (Wildman–Crippen MR) is 61.3 cm³/mol. The van der Waals surface area contributed by atoms with Gasteiger partial charge in [-0.3, -0.25) is 4.79 Å². The van der Waals surface area contributed by atoms with Gasteiger partial charge in [0.1, 0.15) is 0 Å². The smallest absolute Gasteiger partial charge is 0.164 e. The van der Waals surface area contributed by atoms with Gasteiger partial charge in [0.15, 0.2) is 5.78 Å². The van der Waals surface area contributed by atoms with Crippen LogP contribution in [0.2, 0.25) is 0 Å². The Morgan fingerprint density at radius 1 is 1.33 bits per heavy atom. The molecule has 0 unspecified atom stereocenters. The van der Waals surface area contributed by atoms with Crippen molar-refractivity contribution in [2.75, 3.05) is 13.6 Å². The zero-order valence-electron chi connectivity index (χ0n) is 9.18. The zero-order chi connectivity index (χ0) is 10.7. The maximum absolute atomic E-state index is 11.8. The highest BCUT2D eigenvalue weighted by Gasteiger charge is 2.13. The van der Waals surface area contributed by atoms with Gasteiger partial charge in [-0.2, -0.15) is 0 Å². The van der Waals surface area contributed by atoms with Gasteiger partial charge in [-0.15, -0.1) is 0 Å². The molecular formula is C13H17NO. The first-order valence-electron chi connectivity index (χ1n) is 5.61. The molecule has 1 N–H and O–H groups in total. The molecule has 0 aliphatic heterocycles. The SMILES string of the molecule is CNCCC(=O)c1ccc2c(c1)CCC2. The summed E-state index contributed by atoms with van der Waals surface area (Å²) in [5, 5.41) is 3.00. The van der Waals surface area contributed by atoms with Crippen LogP contribution in [0.15, 0.2) is 18.2 Å². The van der Waals surface area contributed by atoms with E-state index in [-0.39, 0.29) is 5.78 Å². The van der Waals surface area contributed by atoms with E-state index < -0.39 is 0 Å². The highest BCUT2D eigenvalue weighted by Crippen LogP contribution is 2.23. The monoisotopic (exact) mass is 203 g/mol. The first-order valence-corrected chi connectivity index (χ1v) is 5.61. The van der Waals surface area contributed by atoms with Gasteiger partial charge in [0.25, 0.3) is 0 Å². The Morgan fingerprint density at radius 3 is 2.93 bits per heavy atom. The average molecular weight is 203 g/mol. The van der Waals surface area contributed by atoms with Crippen molar-refractivity contribution in [3.8, 4) is 0 Å². The van der Waals surface area contributed by atoms with Crippen LogP contribution in [-0.4, -0.2) is 19.4 Å². The number of benzene rings is 1. The number of fused-ring (bicyclic) bond motifs is 1. The van der Waals surface area contributed by atoms with E-state index in [0.717, 1.165) is 18.5 Å². The summed E-state index contributed by atoms with van der Waals surface area (Å²) < 4.78 is 0. The molecule has 0 atom stereocenters. The largest absolute Gasteiger partial charge is 0.319 e. The van der Waals surface area contributed by atoms with Crippen LogP contribution in [0.1, 0.15) is 34.3 Å². The van der Waals surface area contributed by atoms with Crippen molar-refractivity contribution >= 4 is 5.78 Å². The minimum Gasteiger partial charge on any atom is -0.319 e. The molecule has 15 heavy (non-hydrogen) atoms. The van der Waals surface area contributed by atoms with Crippen LogP contribution < -0.4 is 5.32 Å². The number of aryl methyl sites for hydroxylation is 2. The summed E-state index contributed by atoms with van der Waals surface area (Å²) in [7, 11) is 1.87. The van der Waals surface area contributed by atoms with Crippen molar-refractivity contribution < 1.29 is 4.79 Å². The van der Waals surface area contributed by atoms with E-state index in [1.54, 1.807) is 0 Å². The molecule has 1 aliphatic carbocycles. The van der Waals surface area contributed by atoms with Crippen molar-refractivity contribution in [1.82, 2.24) is 5.32 Å². The Labute approximate surface area is 90.7 Å². The van der Waals surface area contributed by atoms with E-state index in [9.17, 15) is 4.79 Å². The molecule has 0 fully saturated rings. The molecule has 0 spiro atoms. The van der Waals surface area contributed by atoms with Gasteiger partial charge in [0.2, 0.25) is 0 Å². The van der Waals surface area contributed by atoms with E-state index >= 15 is 0 Å². The fourth-order valence-electron chi connectivity index (χ4n) is 2.13. The van der Waals surface area contributed by atoms with Crippen LogP contribution in [0.25, 0.3) is 0 Å². The number of rotatable bonds is 4. The molecule has 0 heterocycles. The van der Waals surface area contributed by atoms with Crippen molar-refractivity contribution in [1.29, 1.82) is 0 Å². The minimum atomic E-state index is 0.249. The second-order valence-corrected chi connectivity index (χ2v) is 4.11. The van der Waals surface area contributed by atoms with Gasteiger partial charge in [-0.05, 0) is 43.5 Å². The molecular weight excluding hydrogens is 186 g/mol. The van der Waals surface area contributed by atoms with E-state index in [4.69, 9.17) is 0 Å². The zero-order valence-corrected chi connectivity index (χ0v) is 9.18. The van der Waals surface area contributed by atoms with Crippen LogP contribution in [0.4, 0.5) is 0 Å². The number of hydrogen-bond donors (Lipinski definition) is 1. The maximum Gasteiger partial charge on any atom is 0.164 e. The highest BCUT2D eigenvalue weighted by atomic mass is 16.1.